The predicted molar refractivity (Wildman–Crippen MR) is 93.4 cm³/mol. The SMILES string of the molecule is O=C(Nc1ccc(Nc2cccc(Cl)c2)cc1)c1cccs1. The third-order valence-corrected chi connectivity index (χ3v) is 4.10. The van der Waals surface area contributed by atoms with Crippen LogP contribution in [0.15, 0.2) is 66.0 Å². The number of hydrogen-bond donors (Lipinski definition) is 2. The minimum atomic E-state index is -0.0921. The molecule has 3 aromatic rings. The Hall–Kier alpha value is -2.30. The van der Waals surface area contributed by atoms with Crippen LogP contribution in [0.4, 0.5) is 17.1 Å². The van der Waals surface area contributed by atoms with Gasteiger partial charge in [-0.05, 0) is 53.9 Å². The second kappa shape index (κ2) is 6.64. The summed E-state index contributed by atoms with van der Waals surface area (Å²) in [6.45, 7) is 0. The third kappa shape index (κ3) is 3.67. The van der Waals surface area contributed by atoms with Crippen molar-refractivity contribution in [1.82, 2.24) is 0 Å². The lowest BCUT2D eigenvalue weighted by Gasteiger charge is -2.08. The van der Waals surface area contributed by atoms with Crippen molar-refractivity contribution in [2.75, 3.05) is 10.6 Å². The van der Waals surface area contributed by atoms with E-state index in [1.807, 2.05) is 60.0 Å². The molecule has 5 heteroatoms. The molecular formula is C17H13ClN2OS. The number of nitrogens with one attached hydrogen (secondary N) is 2. The van der Waals surface area contributed by atoms with Gasteiger partial charge in [-0.3, -0.25) is 4.79 Å². The van der Waals surface area contributed by atoms with Crippen molar-refractivity contribution >= 4 is 45.9 Å². The molecule has 1 amide bonds. The van der Waals surface area contributed by atoms with Gasteiger partial charge in [0, 0.05) is 22.1 Å². The quantitative estimate of drug-likeness (QED) is 0.673. The molecule has 0 radical (unpaired) electrons. The maximum atomic E-state index is 12.0. The number of carbonyl (C=O) groups is 1. The minimum Gasteiger partial charge on any atom is -0.355 e. The van der Waals surface area contributed by atoms with E-state index in [-0.39, 0.29) is 5.91 Å². The molecule has 2 N–H and O–H groups in total. The molecular weight excluding hydrogens is 316 g/mol. The van der Waals surface area contributed by atoms with Crippen molar-refractivity contribution in [2.24, 2.45) is 0 Å². The van der Waals surface area contributed by atoms with Gasteiger partial charge in [-0.25, -0.2) is 0 Å². The first kappa shape index (κ1) is 14.6. The van der Waals surface area contributed by atoms with E-state index in [0.717, 1.165) is 17.1 Å². The summed E-state index contributed by atoms with van der Waals surface area (Å²) in [7, 11) is 0. The fourth-order valence-corrected chi connectivity index (χ4v) is 2.78. The Bertz CT molecular complexity index is 770. The molecule has 0 saturated carbocycles. The molecule has 0 spiro atoms. The zero-order valence-electron chi connectivity index (χ0n) is 11.5. The summed E-state index contributed by atoms with van der Waals surface area (Å²) in [6.07, 6.45) is 0. The highest BCUT2D eigenvalue weighted by atomic mass is 35.5. The second-order valence-corrected chi connectivity index (χ2v) is 6.03. The average Bonchev–Trinajstić information content (AvgIpc) is 3.04. The third-order valence-electron chi connectivity index (χ3n) is 3.00. The summed E-state index contributed by atoms with van der Waals surface area (Å²) in [5.41, 5.74) is 2.61. The number of amides is 1. The normalized spacial score (nSPS) is 10.2. The topological polar surface area (TPSA) is 41.1 Å². The molecule has 0 unspecified atom stereocenters. The van der Waals surface area contributed by atoms with Crippen molar-refractivity contribution in [2.45, 2.75) is 0 Å². The lowest BCUT2D eigenvalue weighted by atomic mass is 10.2. The molecule has 0 aliphatic rings. The van der Waals surface area contributed by atoms with Crippen LogP contribution in [0, 0.1) is 0 Å². The Morgan fingerprint density at radius 1 is 0.909 bits per heavy atom. The molecule has 2 aromatic carbocycles. The van der Waals surface area contributed by atoms with Gasteiger partial charge in [-0.2, -0.15) is 0 Å². The highest BCUT2D eigenvalue weighted by Gasteiger charge is 2.06. The molecule has 0 fully saturated rings. The van der Waals surface area contributed by atoms with Crippen LogP contribution < -0.4 is 10.6 Å². The summed E-state index contributed by atoms with van der Waals surface area (Å²) in [4.78, 5) is 12.7. The molecule has 0 aliphatic heterocycles. The lowest BCUT2D eigenvalue weighted by Crippen LogP contribution is -2.09. The first-order chi connectivity index (χ1) is 10.7. The van der Waals surface area contributed by atoms with Gasteiger partial charge in [0.15, 0.2) is 0 Å². The van der Waals surface area contributed by atoms with Crippen LogP contribution in [-0.4, -0.2) is 5.91 Å². The van der Waals surface area contributed by atoms with E-state index in [9.17, 15) is 4.79 Å². The first-order valence-electron chi connectivity index (χ1n) is 6.68. The Labute approximate surface area is 137 Å². The number of anilines is 3. The Morgan fingerprint density at radius 2 is 1.68 bits per heavy atom. The number of benzene rings is 2. The van der Waals surface area contributed by atoms with Gasteiger partial charge < -0.3 is 10.6 Å². The summed E-state index contributed by atoms with van der Waals surface area (Å²) in [5, 5.41) is 8.69. The van der Waals surface area contributed by atoms with Crippen LogP contribution in [0.1, 0.15) is 9.67 Å². The van der Waals surface area contributed by atoms with Gasteiger partial charge in [0.2, 0.25) is 0 Å². The number of hydrogen-bond acceptors (Lipinski definition) is 3. The van der Waals surface area contributed by atoms with E-state index in [2.05, 4.69) is 10.6 Å². The monoisotopic (exact) mass is 328 g/mol. The zero-order chi connectivity index (χ0) is 15.4. The summed E-state index contributed by atoms with van der Waals surface area (Å²) in [6, 6.07) is 18.7. The molecule has 110 valence electrons. The van der Waals surface area contributed by atoms with Crippen LogP contribution in [0.2, 0.25) is 5.02 Å². The van der Waals surface area contributed by atoms with Crippen molar-refractivity contribution in [3.05, 3.63) is 75.9 Å². The highest BCUT2D eigenvalue weighted by molar-refractivity contribution is 7.12. The molecule has 0 saturated heterocycles. The van der Waals surface area contributed by atoms with E-state index in [4.69, 9.17) is 11.6 Å². The molecule has 22 heavy (non-hydrogen) atoms. The number of rotatable bonds is 4. The molecule has 1 aromatic heterocycles. The van der Waals surface area contributed by atoms with E-state index in [0.29, 0.717) is 9.90 Å². The number of carbonyl (C=O) groups excluding carboxylic acids is 1. The van der Waals surface area contributed by atoms with Gasteiger partial charge in [0.05, 0.1) is 4.88 Å². The minimum absolute atomic E-state index is 0.0921. The number of thiophene rings is 1. The van der Waals surface area contributed by atoms with Crippen molar-refractivity contribution in [3.8, 4) is 0 Å². The number of halogens is 1. The largest absolute Gasteiger partial charge is 0.355 e. The molecule has 3 rings (SSSR count). The molecule has 0 bridgehead atoms. The van der Waals surface area contributed by atoms with Crippen LogP contribution in [0.5, 0.6) is 0 Å². The van der Waals surface area contributed by atoms with Crippen molar-refractivity contribution in [1.29, 1.82) is 0 Å². The Balaban J connectivity index is 1.66. The van der Waals surface area contributed by atoms with Gasteiger partial charge in [0.25, 0.3) is 5.91 Å². The van der Waals surface area contributed by atoms with E-state index >= 15 is 0 Å². The van der Waals surface area contributed by atoms with Gasteiger partial charge in [0.1, 0.15) is 0 Å². The maximum absolute atomic E-state index is 12.0. The van der Waals surface area contributed by atoms with Gasteiger partial charge >= 0.3 is 0 Å². The fraction of sp³-hybridized carbons (Fsp3) is 0. The lowest BCUT2D eigenvalue weighted by molar-refractivity contribution is 0.103. The van der Waals surface area contributed by atoms with E-state index in [1.165, 1.54) is 11.3 Å². The highest BCUT2D eigenvalue weighted by Crippen LogP contribution is 2.22. The van der Waals surface area contributed by atoms with Crippen molar-refractivity contribution in [3.63, 3.8) is 0 Å². The smallest absolute Gasteiger partial charge is 0.265 e. The predicted octanol–water partition coefficient (Wildman–Crippen LogP) is 5.40. The Morgan fingerprint density at radius 3 is 2.36 bits per heavy atom. The van der Waals surface area contributed by atoms with Crippen LogP contribution in [0.25, 0.3) is 0 Å². The summed E-state index contributed by atoms with van der Waals surface area (Å²) >= 11 is 7.38. The average molecular weight is 329 g/mol. The molecule has 1 heterocycles. The van der Waals surface area contributed by atoms with Crippen LogP contribution in [0.3, 0.4) is 0 Å². The maximum Gasteiger partial charge on any atom is 0.265 e. The van der Waals surface area contributed by atoms with E-state index in [1.54, 1.807) is 6.07 Å². The molecule has 0 aliphatic carbocycles. The van der Waals surface area contributed by atoms with Crippen LogP contribution in [-0.2, 0) is 0 Å². The van der Waals surface area contributed by atoms with Crippen molar-refractivity contribution < 1.29 is 4.79 Å². The zero-order valence-corrected chi connectivity index (χ0v) is 13.1. The Kier molecular flexibility index (Phi) is 4.42. The van der Waals surface area contributed by atoms with Gasteiger partial charge in [-0.1, -0.05) is 23.7 Å². The second-order valence-electron chi connectivity index (χ2n) is 4.64. The molecule has 3 nitrogen and oxygen atoms in total. The summed E-state index contributed by atoms with van der Waals surface area (Å²) in [5.74, 6) is -0.0921. The first-order valence-corrected chi connectivity index (χ1v) is 7.94. The fourth-order valence-electron chi connectivity index (χ4n) is 1.97. The van der Waals surface area contributed by atoms with Crippen LogP contribution >= 0.6 is 22.9 Å². The summed E-state index contributed by atoms with van der Waals surface area (Å²) < 4.78 is 0. The van der Waals surface area contributed by atoms with Gasteiger partial charge in [-0.15, -0.1) is 11.3 Å². The standard InChI is InChI=1S/C17H13ClN2OS/c18-12-3-1-4-15(11-12)19-13-6-8-14(9-7-13)20-17(21)16-5-2-10-22-16/h1-11,19H,(H,20,21). The van der Waals surface area contributed by atoms with E-state index < -0.39 is 0 Å². The molecule has 0 atom stereocenters.